The minimum atomic E-state index is -2.02. The first kappa shape index (κ1) is 24.6. The monoisotopic (exact) mass is 657 g/mol. The number of rotatable bonds is 12. The van der Waals surface area contributed by atoms with E-state index in [0.717, 1.165) is 56.4 Å². The zero-order chi connectivity index (χ0) is 20.4. The average Bonchev–Trinajstić information content (AvgIpc) is 2.67. The van der Waals surface area contributed by atoms with Gasteiger partial charge in [-0.1, -0.05) is 12.1 Å². The minimum absolute atomic E-state index is 0.458. The number of hydrogen-bond donors (Lipinski definition) is 0. The lowest BCUT2D eigenvalue weighted by atomic mass is 10.1. The Morgan fingerprint density at radius 3 is 1.46 bits per heavy atom. The van der Waals surface area contributed by atoms with Gasteiger partial charge in [0.05, 0.1) is 0 Å². The summed E-state index contributed by atoms with van der Waals surface area (Å²) in [5.74, 6) is 0. The highest BCUT2D eigenvalue weighted by Gasteiger charge is 2.19. The van der Waals surface area contributed by atoms with E-state index in [0.29, 0.717) is 13.2 Å². The molecule has 28 heavy (non-hydrogen) atoms. The second kappa shape index (κ2) is 13.6. The van der Waals surface area contributed by atoms with Crippen LogP contribution < -0.4 is 0 Å². The van der Waals surface area contributed by atoms with E-state index in [-0.39, 0.29) is 0 Å². The van der Waals surface area contributed by atoms with Crippen molar-refractivity contribution in [3.05, 3.63) is 65.4 Å². The van der Waals surface area contributed by atoms with E-state index in [1.165, 1.54) is 11.1 Å². The van der Waals surface area contributed by atoms with Crippen molar-refractivity contribution in [2.24, 2.45) is 0 Å². The van der Waals surface area contributed by atoms with Gasteiger partial charge in [0.2, 0.25) is 0 Å². The van der Waals surface area contributed by atoms with Crippen LogP contribution in [0, 0.1) is 0 Å². The van der Waals surface area contributed by atoms with Gasteiger partial charge in [-0.25, -0.2) is 0 Å². The maximum atomic E-state index is 11.8. The summed E-state index contributed by atoms with van der Waals surface area (Å²) in [5.41, 5.74) is 2.54. The van der Waals surface area contributed by atoms with Gasteiger partial charge < -0.3 is 0 Å². The summed E-state index contributed by atoms with van der Waals surface area (Å²) < 4.78 is 26.5. The third-order valence-corrected chi connectivity index (χ3v) is 8.63. The lowest BCUT2D eigenvalue weighted by molar-refractivity contribution is 0.219. The van der Waals surface area contributed by atoms with Gasteiger partial charge in [0.1, 0.15) is 13.2 Å². The maximum Gasteiger partial charge on any atom is 0.697 e. The van der Waals surface area contributed by atoms with E-state index >= 15 is 0 Å². The fourth-order valence-corrected chi connectivity index (χ4v) is 4.54. The molecule has 2 rings (SSSR count). The fraction of sp³-hybridized carbons (Fsp3) is 0.400. The number of benzene rings is 2. The third kappa shape index (κ3) is 9.46. The standard InChI is InChI=1S/C20H22Br4O3P/c21-17-9-7-15(13-19(17)23)5-1-3-11-26-28(25)27-12-4-2-6-16-8-10-18(22)20(24)14-16/h7-10,13-14H,1-6,11-12H2/q+1. The molecular weight excluding hydrogens is 639 g/mol. The Morgan fingerprint density at radius 1 is 0.643 bits per heavy atom. The second-order valence-corrected chi connectivity index (χ2v) is 10.7. The Labute approximate surface area is 201 Å². The summed E-state index contributed by atoms with van der Waals surface area (Å²) in [5, 5.41) is 0. The predicted molar refractivity (Wildman–Crippen MR) is 129 cm³/mol. The molecule has 3 nitrogen and oxygen atoms in total. The van der Waals surface area contributed by atoms with Gasteiger partial charge in [-0.3, -0.25) is 0 Å². The van der Waals surface area contributed by atoms with Gasteiger partial charge in [-0.15, -0.1) is 9.05 Å². The fourth-order valence-electron chi connectivity index (χ4n) is 2.57. The van der Waals surface area contributed by atoms with Crippen LogP contribution >= 0.6 is 72.0 Å². The molecule has 8 heteroatoms. The van der Waals surface area contributed by atoms with E-state index in [1.54, 1.807) is 0 Å². The quantitative estimate of drug-likeness (QED) is 0.169. The summed E-state index contributed by atoms with van der Waals surface area (Å²) in [6.07, 6.45) is 5.63. The van der Waals surface area contributed by atoms with Crippen LogP contribution in [0.1, 0.15) is 36.8 Å². The van der Waals surface area contributed by atoms with Crippen molar-refractivity contribution in [3.63, 3.8) is 0 Å². The van der Waals surface area contributed by atoms with Crippen LogP contribution in [0.2, 0.25) is 0 Å². The molecule has 152 valence electrons. The molecule has 2 aromatic carbocycles. The zero-order valence-corrected chi connectivity index (χ0v) is 22.5. The Hall–Kier alpha value is 0.380. The molecule has 0 aliphatic carbocycles. The van der Waals surface area contributed by atoms with Crippen molar-refractivity contribution in [3.8, 4) is 0 Å². The minimum Gasteiger partial charge on any atom is -0.119 e. The molecule has 0 aliphatic heterocycles. The highest BCUT2D eigenvalue weighted by molar-refractivity contribution is 9.13. The summed E-state index contributed by atoms with van der Waals surface area (Å²) in [6.45, 7) is 0.916. The molecule has 0 spiro atoms. The summed E-state index contributed by atoms with van der Waals surface area (Å²) in [6, 6.07) is 12.5. The van der Waals surface area contributed by atoms with Gasteiger partial charge in [-0.05, 0) is 138 Å². The van der Waals surface area contributed by atoms with Gasteiger partial charge in [0.25, 0.3) is 0 Å². The maximum absolute atomic E-state index is 11.8. The Balaban J connectivity index is 1.49. The van der Waals surface area contributed by atoms with Crippen molar-refractivity contribution in [2.75, 3.05) is 13.2 Å². The lowest BCUT2D eigenvalue weighted by Gasteiger charge is -2.03. The second-order valence-electron chi connectivity index (χ2n) is 6.30. The molecule has 0 saturated heterocycles. The topological polar surface area (TPSA) is 35.5 Å². The number of aryl methyl sites for hydroxylation is 2. The first-order valence-corrected chi connectivity index (χ1v) is 13.3. The molecule has 0 atom stereocenters. The van der Waals surface area contributed by atoms with Crippen molar-refractivity contribution in [1.29, 1.82) is 0 Å². The summed E-state index contributed by atoms with van der Waals surface area (Å²) >= 11 is 14.0. The highest BCUT2D eigenvalue weighted by atomic mass is 79.9. The SMILES string of the molecule is O=[P+](OCCCCc1ccc(Br)c(Br)c1)OCCCCc1ccc(Br)c(Br)c1. The van der Waals surface area contributed by atoms with E-state index in [9.17, 15) is 4.57 Å². The molecule has 0 unspecified atom stereocenters. The molecule has 2 aromatic rings. The molecular formula is C20H22Br4O3P+. The lowest BCUT2D eigenvalue weighted by Crippen LogP contribution is -1.94. The van der Waals surface area contributed by atoms with E-state index < -0.39 is 8.25 Å². The van der Waals surface area contributed by atoms with Crippen LogP contribution in [0.15, 0.2) is 54.3 Å². The van der Waals surface area contributed by atoms with Gasteiger partial charge in [0, 0.05) is 22.5 Å². The van der Waals surface area contributed by atoms with Crippen molar-refractivity contribution in [2.45, 2.75) is 38.5 Å². The molecule has 0 N–H and O–H groups in total. The molecule has 0 heterocycles. The van der Waals surface area contributed by atoms with Crippen LogP contribution in [-0.4, -0.2) is 13.2 Å². The number of hydrogen-bond acceptors (Lipinski definition) is 3. The van der Waals surface area contributed by atoms with Gasteiger partial charge >= 0.3 is 8.25 Å². The Bertz CT molecular complexity index is 723. The molecule has 0 amide bonds. The molecule has 0 aliphatic rings. The molecule has 0 saturated carbocycles. The highest BCUT2D eigenvalue weighted by Crippen LogP contribution is 2.27. The van der Waals surface area contributed by atoms with E-state index in [1.807, 2.05) is 12.1 Å². The van der Waals surface area contributed by atoms with Crippen LogP contribution in [0.25, 0.3) is 0 Å². The average molecular weight is 661 g/mol. The number of unbranched alkanes of at least 4 members (excludes halogenated alkanes) is 2. The summed E-state index contributed by atoms with van der Waals surface area (Å²) in [4.78, 5) is 0. The Morgan fingerprint density at radius 2 is 1.07 bits per heavy atom. The Kier molecular flexibility index (Phi) is 12.0. The third-order valence-electron chi connectivity index (χ3n) is 4.08. The van der Waals surface area contributed by atoms with E-state index in [2.05, 4.69) is 88.0 Å². The zero-order valence-electron chi connectivity index (χ0n) is 15.3. The van der Waals surface area contributed by atoms with Crippen LogP contribution in [-0.2, 0) is 26.5 Å². The first-order chi connectivity index (χ1) is 13.5. The molecule has 0 bridgehead atoms. The molecule has 0 fully saturated rings. The van der Waals surface area contributed by atoms with Crippen molar-refractivity contribution in [1.82, 2.24) is 0 Å². The van der Waals surface area contributed by atoms with E-state index in [4.69, 9.17) is 9.05 Å². The predicted octanol–water partition coefficient (Wildman–Crippen LogP) is 8.77. The number of halogens is 4. The van der Waals surface area contributed by atoms with Crippen LogP contribution in [0.3, 0.4) is 0 Å². The smallest absolute Gasteiger partial charge is 0.119 e. The van der Waals surface area contributed by atoms with Crippen LogP contribution in [0.5, 0.6) is 0 Å². The summed E-state index contributed by atoms with van der Waals surface area (Å²) in [7, 11) is -2.02. The van der Waals surface area contributed by atoms with Crippen molar-refractivity contribution >= 4 is 72.0 Å². The van der Waals surface area contributed by atoms with Crippen LogP contribution in [0.4, 0.5) is 0 Å². The molecule has 0 radical (unpaired) electrons. The van der Waals surface area contributed by atoms with Crippen molar-refractivity contribution < 1.29 is 13.6 Å². The normalized spacial score (nSPS) is 11.0. The van der Waals surface area contributed by atoms with Gasteiger partial charge in [0.15, 0.2) is 0 Å². The largest absolute Gasteiger partial charge is 0.697 e. The molecule has 0 aromatic heterocycles. The van der Waals surface area contributed by atoms with Gasteiger partial charge in [-0.2, -0.15) is 0 Å². The first-order valence-electron chi connectivity index (χ1n) is 9.06.